The molecular formula is C23H24N4O4S. The SMILES string of the molecule is O=C(C1CN(Cc2nc3sc4c(c3c(=O)[nH]2)CCC4)c2ccccc2O1)N1CCOCC1. The summed E-state index contributed by atoms with van der Waals surface area (Å²) in [6, 6.07) is 7.70. The van der Waals surface area contributed by atoms with Gasteiger partial charge in [-0.25, -0.2) is 4.98 Å². The molecule has 0 radical (unpaired) electrons. The van der Waals surface area contributed by atoms with Crippen LogP contribution in [0.4, 0.5) is 5.69 Å². The average molecular weight is 453 g/mol. The number of aryl methyl sites for hydroxylation is 2. The van der Waals surface area contributed by atoms with Gasteiger partial charge in [0, 0.05) is 18.0 Å². The Hall–Kier alpha value is -2.91. The van der Waals surface area contributed by atoms with Crippen molar-refractivity contribution < 1.29 is 14.3 Å². The Kier molecular flexibility index (Phi) is 4.87. The number of para-hydroxylation sites is 2. The van der Waals surface area contributed by atoms with Gasteiger partial charge < -0.3 is 24.3 Å². The van der Waals surface area contributed by atoms with E-state index in [-0.39, 0.29) is 11.5 Å². The van der Waals surface area contributed by atoms with Crippen LogP contribution >= 0.6 is 11.3 Å². The maximum atomic E-state index is 13.1. The number of ether oxygens (including phenoxy) is 2. The van der Waals surface area contributed by atoms with Crippen molar-refractivity contribution >= 4 is 33.1 Å². The lowest BCUT2D eigenvalue weighted by molar-refractivity contribution is -0.142. The van der Waals surface area contributed by atoms with Gasteiger partial charge >= 0.3 is 0 Å². The Morgan fingerprint density at radius 1 is 1.22 bits per heavy atom. The van der Waals surface area contributed by atoms with Gasteiger partial charge in [-0.2, -0.15) is 0 Å². The molecule has 1 saturated heterocycles. The zero-order valence-corrected chi connectivity index (χ0v) is 18.5. The number of nitrogens with one attached hydrogen (secondary N) is 1. The van der Waals surface area contributed by atoms with Gasteiger partial charge in [0.1, 0.15) is 16.4 Å². The molecule has 2 aliphatic heterocycles. The molecule has 3 aromatic rings. The third-order valence-electron chi connectivity index (χ3n) is 6.42. The fourth-order valence-electron chi connectivity index (χ4n) is 4.88. The van der Waals surface area contributed by atoms with Gasteiger partial charge in [-0.05, 0) is 37.0 Å². The summed E-state index contributed by atoms with van der Waals surface area (Å²) in [7, 11) is 0. The standard InChI is InChI=1S/C23H24N4O4S/c28-21-20-14-4-3-7-18(14)32-22(20)25-19(24-21)13-27-12-17(23(29)26-8-10-30-11-9-26)31-16-6-2-1-5-15(16)27/h1-2,5-6,17H,3-4,7-13H2,(H,24,25,28). The number of rotatable bonds is 3. The molecule has 1 aromatic carbocycles. The Morgan fingerprint density at radius 3 is 2.94 bits per heavy atom. The lowest BCUT2D eigenvalue weighted by Gasteiger charge is -2.38. The molecule has 4 heterocycles. The number of hydrogen-bond donors (Lipinski definition) is 1. The number of carbonyl (C=O) groups excluding carboxylic acids is 1. The van der Waals surface area contributed by atoms with Gasteiger partial charge in [0.15, 0.2) is 6.10 Å². The third kappa shape index (κ3) is 3.36. The van der Waals surface area contributed by atoms with E-state index < -0.39 is 6.10 Å². The molecule has 0 saturated carbocycles. The largest absolute Gasteiger partial charge is 0.477 e. The van der Waals surface area contributed by atoms with Crippen molar-refractivity contribution in [2.75, 3.05) is 37.7 Å². The first kappa shape index (κ1) is 19.8. The minimum atomic E-state index is -0.607. The van der Waals surface area contributed by atoms with Gasteiger partial charge in [-0.3, -0.25) is 9.59 Å². The van der Waals surface area contributed by atoms with E-state index in [2.05, 4.69) is 9.88 Å². The molecule has 1 N–H and O–H groups in total. The number of fused-ring (bicyclic) bond motifs is 4. The number of amides is 1. The highest BCUT2D eigenvalue weighted by atomic mass is 32.1. The van der Waals surface area contributed by atoms with Crippen molar-refractivity contribution in [2.45, 2.75) is 31.9 Å². The van der Waals surface area contributed by atoms with E-state index in [0.717, 1.165) is 35.2 Å². The zero-order chi connectivity index (χ0) is 21.7. The molecule has 2 aromatic heterocycles. The van der Waals surface area contributed by atoms with Gasteiger partial charge in [-0.15, -0.1) is 11.3 Å². The van der Waals surface area contributed by atoms with Crippen molar-refractivity contribution in [3.05, 3.63) is 50.9 Å². The van der Waals surface area contributed by atoms with Gasteiger partial charge in [0.05, 0.1) is 37.4 Å². The van der Waals surface area contributed by atoms with Gasteiger partial charge in [0.2, 0.25) is 0 Å². The number of morpholine rings is 1. The quantitative estimate of drug-likeness (QED) is 0.655. The van der Waals surface area contributed by atoms with E-state index in [1.807, 2.05) is 24.3 Å². The average Bonchev–Trinajstić information content (AvgIpc) is 3.40. The second kappa shape index (κ2) is 7.90. The van der Waals surface area contributed by atoms with Crippen LogP contribution in [0.5, 0.6) is 5.75 Å². The highest BCUT2D eigenvalue weighted by molar-refractivity contribution is 7.18. The smallest absolute Gasteiger partial charge is 0.265 e. The number of hydrogen-bond acceptors (Lipinski definition) is 7. The van der Waals surface area contributed by atoms with Crippen LogP contribution in [0.3, 0.4) is 0 Å². The molecule has 1 aliphatic carbocycles. The first-order valence-corrected chi connectivity index (χ1v) is 11.9. The first-order valence-electron chi connectivity index (χ1n) is 11.1. The number of nitrogens with zero attached hydrogens (tertiary/aromatic N) is 3. The Balaban J connectivity index is 1.31. The summed E-state index contributed by atoms with van der Waals surface area (Å²) >= 11 is 1.64. The molecule has 8 nitrogen and oxygen atoms in total. The highest BCUT2D eigenvalue weighted by Gasteiger charge is 2.34. The minimum absolute atomic E-state index is 0.0283. The number of thiophene rings is 1. The van der Waals surface area contributed by atoms with Crippen LogP contribution in [0.25, 0.3) is 10.2 Å². The molecule has 1 amide bonds. The van der Waals surface area contributed by atoms with Crippen LogP contribution in [0, 0.1) is 0 Å². The topological polar surface area (TPSA) is 87.8 Å². The van der Waals surface area contributed by atoms with Crippen molar-refractivity contribution in [1.82, 2.24) is 14.9 Å². The fourth-order valence-corrected chi connectivity index (χ4v) is 6.16. The molecule has 166 valence electrons. The van der Waals surface area contributed by atoms with Crippen molar-refractivity contribution in [2.24, 2.45) is 0 Å². The summed E-state index contributed by atoms with van der Waals surface area (Å²) in [6.45, 7) is 3.06. The number of H-pyrrole nitrogens is 1. The normalized spacial score (nSPS) is 20.2. The molecule has 0 bridgehead atoms. The summed E-state index contributed by atoms with van der Waals surface area (Å²) < 4.78 is 11.5. The molecule has 1 atom stereocenters. The summed E-state index contributed by atoms with van der Waals surface area (Å²) in [5.41, 5.74) is 2.01. The lowest BCUT2D eigenvalue weighted by atomic mass is 10.1. The maximum absolute atomic E-state index is 13.1. The third-order valence-corrected chi connectivity index (χ3v) is 7.61. The Morgan fingerprint density at radius 2 is 2.06 bits per heavy atom. The van der Waals surface area contributed by atoms with Gasteiger partial charge in [0.25, 0.3) is 11.5 Å². The molecule has 9 heteroatoms. The number of carbonyl (C=O) groups is 1. The summed E-state index contributed by atoms with van der Waals surface area (Å²) in [5.74, 6) is 1.25. The Labute approximate surface area is 188 Å². The number of aromatic amines is 1. The molecule has 6 rings (SSSR count). The van der Waals surface area contributed by atoms with Crippen LogP contribution in [-0.2, 0) is 28.9 Å². The molecule has 1 fully saturated rings. The van der Waals surface area contributed by atoms with E-state index >= 15 is 0 Å². The molecule has 0 spiro atoms. The first-order chi connectivity index (χ1) is 15.7. The van der Waals surface area contributed by atoms with Crippen molar-refractivity contribution in [3.63, 3.8) is 0 Å². The zero-order valence-electron chi connectivity index (χ0n) is 17.6. The minimum Gasteiger partial charge on any atom is -0.477 e. The van der Waals surface area contributed by atoms with Crippen LogP contribution in [0.1, 0.15) is 22.7 Å². The predicted octanol–water partition coefficient (Wildman–Crippen LogP) is 2.10. The molecule has 32 heavy (non-hydrogen) atoms. The second-order valence-electron chi connectivity index (χ2n) is 8.44. The monoisotopic (exact) mass is 452 g/mol. The van der Waals surface area contributed by atoms with E-state index in [1.54, 1.807) is 16.2 Å². The van der Waals surface area contributed by atoms with Crippen LogP contribution in [-0.4, -0.2) is 59.7 Å². The van der Waals surface area contributed by atoms with Crippen LogP contribution in [0.15, 0.2) is 29.1 Å². The number of benzene rings is 1. The number of anilines is 1. The van der Waals surface area contributed by atoms with Crippen LogP contribution in [0.2, 0.25) is 0 Å². The highest BCUT2D eigenvalue weighted by Crippen LogP contribution is 2.36. The number of aromatic nitrogens is 2. The van der Waals surface area contributed by atoms with Crippen molar-refractivity contribution in [3.8, 4) is 5.75 Å². The predicted molar refractivity (Wildman–Crippen MR) is 122 cm³/mol. The van der Waals surface area contributed by atoms with E-state index in [1.165, 1.54) is 10.4 Å². The molecule has 1 unspecified atom stereocenters. The van der Waals surface area contributed by atoms with E-state index in [4.69, 9.17) is 14.5 Å². The maximum Gasteiger partial charge on any atom is 0.265 e. The van der Waals surface area contributed by atoms with Gasteiger partial charge in [-0.1, -0.05) is 12.1 Å². The Bertz CT molecular complexity index is 1250. The van der Waals surface area contributed by atoms with Crippen molar-refractivity contribution in [1.29, 1.82) is 0 Å². The summed E-state index contributed by atoms with van der Waals surface area (Å²) in [4.78, 5) is 39.8. The molecular weight excluding hydrogens is 428 g/mol. The summed E-state index contributed by atoms with van der Waals surface area (Å²) in [6.07, 6.45) is 2.50. The fraction of sp³-hybridized carbons (Fsp3) is 0.435. The second-order valence-corrected chi connectivity index (χ2v) is 9.53. The van der Waals surface area contributed by atoms with E-state index in [0.29, 0.717) is 51.0 Å². The lowest BCUT2D eigenvalue weighted by Crippen LogP contribution is -2.53. The van der Waals surface area contributed by atoms with Crippen LogP contribution < -0.4 is 15.2 Å². The van der Waals surface area contributed by atoms with E-state index in [9.17, 15) is 9.59 Å². The summed E-state index contributed by atoms with van der Waals surface area (Å²) in [5, 5.41) is 0.758. The molecule has 3 aliphatic rings.